The van der Waals surface area contributed by atoms with Crippen molar-refractivity contribution >= 4 is 26.0 Å². The van der Waals surface area contributed by atoms with Crippen molar-refractivity contribution in [2.24, 2.45) is 0 Å². The number of aliphatic hydroxyl groups is 1. The molecule has 0 saturated heterocycles. The largest absolute Gasteiger partial charge is 0.491 e. The quantitative estimate of drug-likeness (QED) is 0.548. The number of sulfonamides is 1. The van der Waals surface area contributed by atoms with E-state index in [1.807, 2.05) is 12.1 Å². The van der Waals surface area contributed by atoms with Gasteiger partial charge in [0.25, 0.3) is 0 Å². The van der Waals surface area contributed by atoms with E-state index in [9.17, 15) is 13.5 Å². The van der Waals surface area contributed by atoms with Crippen LogP contribution in [0.4, 0.5) is 0 Å². The van der Waals surface area contributed by atoms with Crippen LogP contribution < -0.4 is 14.8 Å². The van der Waals surface area contributed by atoms with E-state index < -0.39 is 16.1 Å². The van der Waals surface area contributed by atoms with Crippen LogP contribution in [0.3, 0.4) is 0 Å². The standard InChI is InChI=1S/C12H19BrN2O4S/c1-20(17,18)15-7-6-14-8-11(16)9-19-12-4-2-10(13)3-5-12/h2-5,11,14-16H,6-9H2,1H3. The molecule has 6 nitrogen and oxygen atoms in total. The lowest BCUT2D eigenvalue weighted by molar-refractivity contribution is 0.107. The summed E-state index contributed by atoms with van der Waals surface area (Å²) in [6.45, 7) is 1.25. The van der Waals surface area contributed by atoms with Gasteiger partial charge in [0.05, 0.1) is 6.26 Å². The molecule has 0 heterocycles. The summed E-state index contributed by atoms with van der Waals surface area (Å²) in [5, 5.41) is 12.6. The zero-order valence-electron chi connectivity index (χ0n) is 11.2. The predicted molar refractivity (Wildman–Crippen MR) is 81.4 cm³/mol. The molecule has 1 aromatic rings. The van der Waals surface area contributed by atoms with E-state index in [4.69, 9.17) is 4.74 Å². The molecule has 0 aliphatic heterocycles. The van der Waals surface area contributed by atoms with Crippen LogP contribution in [-0.2, 0) is 10.0 Å². The molecule has 0 spiro atoms. The molecule has 3 N–H and O–H groups in total. The van der Waals surface area contributed by atoms with Crippen molar-refractivity contribution in [3.63, 3.8) is 0 Å². The normalized spacial score (nSPS) is 13.2. The van der Waals surface area contributed by atoms with Crippen molar-refractivity contribution in [1.29, 1.82) is 0 Å². The fraction of sp³-hybridized carbons (Fsp3) is 0.500. The highest BCUT2D eigenvalue weighted by atomic mass is 79.9. The van der Waals surface area contributed by atoms with Gasteiger partial charge in [0.2, 0.25) is 10.0 Å². The molecule has 0 saturated carbocycles. The third kappa shape index (κ3) is 8.49. The molecule has 0 aliphatic rings. The summed E-state index contributed by atoms with van der Waals surface area (Å²) in [5.41, 5.74) is 0. The molecule has 0 radical (unpaired) electrons. The first-order valence-corrected chi connectivity index (χ1v) is 8.77. The molecule has 0 aliphatic carbocycles. The van der Waals surface area contributed by atoms with Crippen LogP contribution in [-0.4, -0.2) is 52.1 Å². The van der Waals surface area contributed by atoms with Gasteiger partial charge in [-0.25, -0.2) is 13.1 Å². The molecule has 1 rings (SSSR count). The number of rotatable bonds is 9. The first kappa shape index (κ1) is 17.4. The van der Waals surface area contributed by atoms with Gasteiger partial charge in [-0.2, -0.15) is 0 Å². The van der Waals surface area contributed by atoms with E-state index >= 15 is 0 Å². The van der Waals surface area contributed by atoms with Gasteiger partial charge in [0.15, 0.2) is 0 Å². The fourth-order valence-electron chi connectivity index (χ4n) is 1.38. The second-order valence-corrected chi connectivity index (χ2v) is 7.04. The van der Waals surface area contributed by atoms with E-state index in [0.717, 1.165) is 10.7 Å². The summed E-state index contributed by atoms with van der Waals surface area (Å²) < 4.78 is 30.3. The molecule has 20 heavy (non-hydrogen) atoms. The maximum Gasteiger partial charge on any atom is 0.208 e. The minimum absolute atomic E-state index is 0.175. The Hall–Kier alpha value is -0.670. The third-order valence-corrected chi connectivity index (χ3v) is 3.56. The highest BCUT2D eigenvalue weighted by Gasteiger charge is 2.05. The summed E-state index contributed by atoms with van der Waals surface area (Å²) >= 11 is 3.32. The molecule has 0 fully saturated rings. The van der Waals surface area contributed by atoms with Crippen molar-refractivity contribution in [3.8, 4) is 5.75 Å². The zero-order valence-corrected chi connectivity index (χ0v) is 13.6. The second kappa shape index (κ2) is 8.58. The molecule has 1 aromatic carbocycles. The maximum atomic E-state index is 10.8. The molecule has 0 aromatic heterocycles. The van der Waals surface area contributed by atoms with Crippen molar-refractivity contribution in [3.05, 3.63) is 28.7 Å². The lowest BCUT2D eigenvalue weighted by Gasteiger charge is -2.13. The van der Waals surface area contributed by atoms with Gasteiger partial charge in [-0.05, 0) is 24.3 Å². The Morgan fingerprint density at radius 2 is 1.95 bits per heavy atom. The first-order valence-electron chi connectivity index (χ1n) is 6.08. The number of hydrogen-bond acceptors (Lipinski definition) is 5. The SMILES string of the molecule is CS(=O)(=O)NCCNCC(O)COc1ccc(Br)cc1. The summed E-state index contributed by atoms with van der Waals surface area (Å²) in [7, 11) is -3.16. The Balaban J connectivity index is 2.11. The van der Waals surface area contributed by atoms with E-state index in [1.165, 1.54) is 0 Å². The minimum atomic E-state index is -3.16. The van der Waals surface area contributed by atoms with Crippen LogP contribution >= 0.6 is 15.9 Å². The number of hydrogen-bond donors (Lipinski definition) is 3. The molecular weight excluding hydrogens is 348 g/mol. The minimum Gasteiger partial charge on any atom is -0.491 e. The number of ether oxygens (including phenoxy) is 1. The van der Waals surface area contributed by atoms with Crippen LogP contribution in [0.5, 0.6) is 5.75 Å². The Morgan fingerprint density at radius 1 is 1.30 bits per heavy atom. The van der Waals surface area contributed by atoms with E-state index in [-0.39, 0.29) is 6.61 Å². The number of halogens is 1. The summed E-state index contributed by atoms with van der Waals surface area (Å²) in [4.78, 5) is 0. The number of benzene rings is 1. The Kier molecular flexibility index (Phi) is 7.46. The van der Waals surface area contributed by atoms with Crippen LogP contribution in [0.15, 0.2) is 28.7 Å². The average molecular weight is 367 g/mol. The highest BCUT2D eigenvalue weighted by molar-refractivity contribution is 9.10. The molecule has 0 bridgehead atoms. The van der Waals surface area contributed by atoms with Gasteiger partial charge >= 0.3 is 0 Å². The number of aliphatic hydroxyl groups excluding tert-OH is 1. The molecule has 8 heteroatoms. The lowest BCUT2D eigenvalue weighted by Crippen LogP contribution is -2.36. The van der Waals surface area contributed by atoms with Crippen molar-refractivity contribution in [2.75, 3.05) is 32.5 Å². The monoisotopic (exact) mass is 366 g/mol. The first-order chi connectivity index (χ1) is 9.37. The van der Waals surface area contributed by atoms with Gasteiger partial charge in [-0.15, -0.1) is 0 Å². The van der Waals surface area contributed by atoms with Crippen LogP contribution in [0.25, 0.3) is 0 Å². The van der Waals surface area contributed by atoms with Gasteiger partial charge in [-0.3, -0.25) is 0 Å². The van der Waals surface area contributed by atoms with Crippen molar-refractivity contribution in [2.45, 2.75) is 6.10 Å². The van der Waals surface area contributed by atoms with E-state index in [0.29, 0.717) is 25.4 Å². The Bertz CT molecular complexity index is 493. The Morgan fingerprint density at radius 3 is 2.55 bits per heavy atom. The predicted octanol–water partition coefficient (Wildman–Crippen LogP) is 0.328. The summed E-state index contributed by atoms with van der Waals surface area (Å²) in [5.74, 6) is 0.686. The molecular formula is C12H19BrN2O4S. The average Bonchev–Trinajstić information content (AvgIpc) is 2.36. The zero-order chi connectivity index (χ0) is 15.0. The van der Waals surface area contributed by atoms with Gasteiger partial charge in [-0.1, -0.05) is 15.9 Å². The van der Waals surface area contributed by atoms with Crippen LogP contribution in [0, 0.1) is 0 Å². The third-order valence-electron chi connectivity index (χ3n) is 2.30. The Labute approximate surface area is 127 Å². The van der Waals surface area contributed by atoms with Gasteiger partial charge < -0.3 is 15.2 Å². The molecule has 0 amide bonds. The maximum absolute atomic E-state index is 10.8. The molecule has 1 atom stereocenters. The van der Waals surface area contributed by atoms with E-state index in [1.54, 1.807) is 12.1 Å². The van der Waals surface area contributed by atoms with Crippen molar-refractivity contribution < 1.29 is 18.3 Å². The van der Waals surface area contributed by atoms with E-state index in [2.05, 4.69) is 26.0 Å². The summed E-state index contributed by atoms with van der Waals surface area (Å²) in [6, 6.07) is 7.33. The summed E-state index contributed by atoms with van der Waals surface area (Å²) in [6.07, 6.45) is 0.449. The fourth-order valence-corrected chi connectivity index (χ4v) is 2.11. The topological polar surface area (TPSA) is 87.7 Å². The smallest absolute Gasteiger partial charge is 0.208 e. The second-order valence-electron chi connectivity index (χ2n) is 4.29. The molecule has 1 unspecified atom stereocenters. The lowest BCUT2D eigenvalue weighted by atomic mass is 10.3. The number of nitrogens with one attached hydrogen (secondary N) is 2. The van der Waals surface area contributed by atoms with Crippen molar-refractivity contribution in [1.82, 2.24) is 10.0 Å². The highest BCUT2D eigenvalue weighted by Crippen LogP contribution is 2.16. The van der Waals surface area contributed by atoms with Gasteiger partial charge in [0.1, 0.15) is 18.5 Å². The van der Waals surface area contributed by atoms with Gasteiger partial charge in [0, 0.05) is 24.1 Å². The van der Waals surface area contributed by atoms with Crippen LogP contribution in [0.1, 0.15) is 0 Å². The molecule has 114 valence electrons. The van der Waals surface area contributed by atoms with Crippen LogP contribution in [0.2, 0.25) is 0 Å².